The Bertz CT molecular complexity index is 886. The summed E-state index contributed by atoms with van der Waals surface area (Å²) in [5.41, 5.74) is 9.86. The van der Waals surface area contributed by atoms with Crippen LogP contribution in [0.15, 0.2) is 23.2 Å². The summed E-state index contributed by atoms with van der Waals surface area (Å²) in [7, 11) is 1.71. The maximum atomic E-state index is 6.21. The number of aliphatic imine (C=N–C) groups is 1. The van der Waals surface area contributed by atoms with Crippen LogP contribution in [0, 0.1) is 0 Å². The smallest absolute Gasteiger partial charge is 0.226 e. The zero-order valence-corrected chi connectivity index (χ0v) is 17.9. The molecule has 0 spiro atoms. The zero-order chi connectivity index (χ0) is 21.3. The van der Waals surface area contributed by atoms with E-state index in [4.69, 9.17) is 24.7 Å². The molecule has 3 N–H and O–H groups in total. The third kappa shape index (κ3) is 5.20. The van der Waals surface area contributed by atoms with Crippen LogP contribution in [0.4, 0.5) is 11.5 Å². The Hall–Kier alpha value is -2.84. The van der Waals surface area contributed by atoms with Crippen molar-refractivity contribution in [2.45, 2.75) is 20.3 Å². The highest BCUT2D eigenvalue weighted by Gasteiger charge is 2.25. The maximum absolute atomic E-state index is 6.21. The van der Waals surface area contributed by atoms with Gasteiger partial charge in [0.05, 0.1) is 24.5 Å². The first kappa shape index (κ1) is 21.9. The van der Waals surface area contributed by atoms with Gasteiger partial charge in [0.2, 0.25) is 5.88 Å². The Labute approximate surface area is 177 Å². The Kier molecular flexibility index (Phi) is 7.87. The first-order valence-electron chi connectivity index (χ1n) is 10.2. The Balaban J connectivity index is 1.84. The summed E-state index contributed by atoms with van der Waals surface area (Å²) < 4.78 is 22.6. The predicted octanol–water partition coefficient (Wildman–Crippen LogP) is 3.27. The van der Waals surface area contributed by atoms with Crippen LogP contribution in [0.3, 0.4) is 0 Å². The predicted molar refractivity (Wildman–Crippen MR) is 118 cm³/mol. The van der Waals surface area contributed by atoms with Crippen LogP contribution in [-0.2, 0) is 15.9 Å². The average Bonchev–Trinajstić information content (AvgIpc) is 2.75. The van der Waals surface area contributed by atoms with E-state index in [2.05, 4.69) is 15.3 Å². The van der Waals surface area contributed by atoms with Crippen LogP contribution in [0.2, 0.25) is 0 Å². The number of nitrogens with two attached hydrogens (primary N) is 1. The average molecular weight is 415 g/mol. The van der Waals surface area contributed by atoms with Crippen LogP contribution < -0.4 is 20.5 Å². The number of rotatable bonds is 11. The molecular formula is C22H30N4O4. The van der Waals surface area contributed by atoms with Crippen LogP contribution in [0.5, 0.6) is 17.4 Å². The fraction of sp³-hybridized carbons (Fsp3) is 0.455. The molecule has 3 rings (SSSR count). The Morgan fingerprint density at radius 1 is 1.20 bits per heavy atom. The summed E-state index contributed by atoms with van der Waals surface area (Å²) in [6.45, 7) is 7.56. The van der Waals surface area contributed by atoms with E-state index < -0.39 is 0 Å². The number of hydrogen-bond donors (Lipinski definition) is 2. The van der Waals surface area contributed by atoms with Gasteiger partial charge in [0.15, 0.2) is 0 Å². The van der Waals surface area contributed by atoms with E-state index in [1.165, 1.54) is 0 Å². The number of nitrogens with zero attached hydrogens (tertiary/aromatic N) is 2. The third-order valence-electron chi connectivity index (χ3n) is 4.65. The van der Waals surface area contributed by atoms with E-state index in [1.807, 2.05) is 32.0 Å². The van der Waals surface area contributed by atoms with Crippen molar-refractivity contribution < 1.29 is 18.9 Å². The first-order chi connectivity index (χ1) is 14.7. The van der Waals surface area contributed by atoms with Crippen LogP contribution in [-0.4, -0.2) is 57.8 Å². The molecule has 0 amide bonds. The van der Waals surface area contributed by atoms with Crippen molar-refractivity contribution in [2.75, 3.05) is 57.7 Å². The summed E-state index contributed by atoms with van der Waals surface area (Å²) in [4.78, 5) is 8.62. The lowest BCUT2D eigenvalue weighted by Crippen LogP contribution is -2.17. The number of ether oxygens (including phenoxy) is 4. The second-order valence-corrected chi connectivity index (χ2v) is 6.67. The quantitative estimate of drug-likeness (QED) is 0.367. The fourth-order valence-electron chi connectivity index (χ4n) is 3.26. The van der Waals surface area contributed by atoms with Gasteiger partial charge in [0.1, 0.15) is 23.9 Å². The molecule has 0 fully saturated rings. The summed E-state index contributed by atoms with van der Waals surface area (Å²) in [5, 5.41) is 3.43. The number of fused-ring (bicyclic) bond motifs is 2. The number of aromatic nitrogens is 1. The molecule has 0 saturated heterocycles. The van der Waals surface area contributed by atoms with E-state index in [0.29, 0.717) is 57.7 Å². The highest BCUT2D eigenvalue weighted by Crippen LogP contribution is 2.42. The van der Waals surface area contributed by atoms with Gasteiger partial charge in [-0.15, -0.1) is 0 Å². The van der Waals surface area contributed by atoms with Crippen LogP contribution in [0.1, 0.15) is 30.5 Å². The molecule has 1 aromatic carbocycles. The monoisotopic (exact) mass is 414 g/mol. The van der Waals surface area contributed by atoms with Gasteiger partial charge < -0.3 is 30.0 Å². The molecule has 2 aromatic rings. The molecule has 2 heterocycles. The molecule has 162 valence electrons. The highest BCUT2D eigenvalue weighted by atomic mass is 16.5. The third-order valence-corrected chi connectivity index (χ3v) is 4.65. The first-order valence-corrected chi connectivity index (χ1v) is 10.2. The van der Waals surface area contributed by atoms with Gasteiger partial charge in [0.25, 0.3) is 0 Å². The minimum atomic E-state index is 0.367. The molecule has 0 unspecified atom stereocenters. The molecule has 1 aliphatic heterocycles. The number of hydrogen-bond acceptors (Lipinski definition) is 8. The van der Waals surface area contributed by atoms with Crippen molar-refractivity contribution in [3.8, 4) is 17.4 Å². The van der Waals surface area contributed by atoms with E-state index in [1.54, 1.807) is 13.3 Å². The van der Waals surface area contributed by atoms with Gasteiger partial charge in [-0.25, -0.2) is 0 Å². The molecule has 30 heavy (non-hydrogen) atoms. The van der Waals surface area contributed by atoms with Crippen molar-refractivity contribution in [3.05, 3.63) is 34.9 Å². The number of pyridine rings is 1. The van der Waals surface area contributed by atoms with Gasteiger partial charge in [-0.2, -0.15) is 4.98 Å². The molecule has 0 atom stereocenters. The number of nitrogen functional groups attached to an aromatic ring is 1. The normalized spacial score (nSPS) is 12.4. The maximum Gasteiger partial charge on any atom is 0.226 e. The summed E-state index contributed by atoms with van der Waals surface area (Å²) in [6, 6.07) is 5.84. The molecule has 0 bridgehead atoms. The van der Waals surface area contributed by atoms with Gasteiger partial charge in [-0.1, -0.05) is 6.07 Å². The topological polar surface area (TPSA) is 100 Å². The standard InChI is InChI=1S/C22H30N4O4/c1-4-27-9-8-25-20-17-12-15-6-7-16(29-11-10-28-5-2)13-19(15)30-22(17)26-21(23)18(20)14-24-3/h6-7,13-14H,4-5,8-12H2,1-3H3,(H3,23,25,26). The van der Waals surface area contributed by atoms with E-state index in [-0.39, 0.29) is 0 Å². The lowest BCUT2D eigenvalue weighted by molar-refractivity contribution is 0.110. The number of benzene rings is 1. The lowest BCUT2D eigenvalue weighted by atomic mass is 9.98. The Morgan fingerprint density at radius 3 is 2.77 bits per heavy atom. The SMILES string of the molecule is CCOCCNc1c(C=NC)c(N)nc2c1Cc1ccc(OCCOCC)cc1O2. The number of nitrogens with one attached hydrogen (secondary N) is 1. The Morgan fingerprint density at radius 2 is 2.00 bits per heavy atom. The molecule has 8 heteroatoms. The second-order valence-electron chi connectivity index (χ2n) is 6.67. The minimum absolute atomic E-state index is 0.367. The zero-order valence-electron chi connectivity index (χ0n) is 17.9. The largest absolute Gasteiger partial charge is 0.491 e. The molecule has 0 radical (unpaired) electrons. The molecule has 0 aliphatic carbocycles. The van der Waals surface area contributed by atoms with Crippen molar-refractivity contribution in [2.24, 2.45) is 4.99 Å². The van der Waals surface area contributed by atoms with E-state index >= 15 is 0 Å². The summed E-state index contributed by atoms with van der Waals surface area (Å²) >= 11 is 0. The highest BCUT2D eigenvalue weighted by molar-refractivity contribution is 5.95. The molecule has 1 aromatic heterocycles. The van der Waals surface area contributed by atoms with Crippen LogP contribution >= 0.6 is 0 Å². The van der Waals surface area contributed by atoms with Gasteiger partial charge in [0, 0.05) is 51.1 Å². The summed E-state index contributed by atoms with van der Waals surface area (Å²) in [6.07, 6.45) is 2.38. The molecular weight excluding hydrogens is 384 g/mol. The van der Waals surface area contributed by atoms with Gasteiger partial charge in [-0.3, -0.25) is 4.99 Å². The number of anilines is 2. The fourth-order valence-corrected chi connectivity index (χ4v) is 3.26. The molecule has 1 aliphatic rings. The minimum Gasteiger partial charge on any atom is -0.491 e. The van der Waals surface area contributed by atoms with Crippen LogP contribution in [0.25, 0.3) is 0 Å². The lowest BCUT2D eigenvalue weighted by Gasteiger charge is -2.24. The van der Waals surface area contributed by atoms with Crippen molar-refractivity contribution in [1.29, 1.82) is 0 Å². The van der Waals surface area contributed by atoms with Gasteiger partial charge >= 0.3 is 0 Å². The van der Waals surface area contributed by atoms with Gasteiger partial charge in [-0.05, 0) is 25.5 Å². The second kappa shape index (κ2) is 10.8. The molecule has 8 nitrogen and oxygen atoms in total. The van der Waals surface area contributed by atoms with E-state index in [9.17, 15) is 0 Å². The van der Waals surface area contributed by atoms with E-state index in [0.717, 1.165) is 33.9 Å². The van der Waals surface area contributed by atoms with Crippen molar-refractivity contribution in [1.82, 2.24) is 4.98 Å². The van der Waals surface area contributed by atoms with Crippen molar-refractivity contribution >= 4 is 17.7 Å². The molecule has 0 saturated carbocycles. The summed E-state index contributed by atoms with van der Waals surface area (Å²) in [5.74, 6) is 2.32. The van der Waals surface area contributed by atoms with Crippen molar-refractivity contribution in [3.63, 3.8) is 0 Å².